The van der Waals surface area contributed by atoms with Gasteiger partial charge in [0.2, 0.25) is 11.7 Å². The molecule has 7 nitrogen and oxygen atoms in total. The topological polar surface area (TPSA) is 88.3 Å². The van der Waals surface area contributed by atoms with Crippen LogP contribution in [0.1, 0.15) is 23.9 Å². The van der Waals surface area contributed by atoms with E-state index in [1.54, 1.807) is 6.92 Å². The third kappa shape index (κ3) is 3.15. The molecule has 1 saturated heterocycles. The van der Waals surface area contributed by atoms with E-state index in [1.165, 1.54) is 0 Å². The quantitative estimate of drug-likeness (QED) is 0.509. The molecule has 2 heterocycles. The van der Waals surface area contributed by atoms with Crippen LogP contribution in [-0.2, 0) is 16.9 Å². The highest BCUT2D eigenvalue weighted by Crippen LogP contribution is 2.34. The monoisotopic (exact) mass is 412 g/mol. The molecular weight excluding hydrogens is 392 g/mol. The van der Waals surface area contributed by atoms with E-state index in [9.17, 15) is 9.59 Å². The van der Waals surface area contributed by atoms with E-state index >= 15 is 0 Å². The molecule has 4 aromatic rings. The van der Waals surface area contributed by atoms with E-state index < -0.39 is 11.6 Å². The zero-order valence-corrected chi connectivity index (χ0v) is 17.1. The Hall–Kier alpha value is -4.00. The molecule has 1 atom stereocenters. The first-order chi connectivity index (χ1) is 15.0. The Morgan fingerprint density at radius 2 is 1.74 bits per heavy atom. The maximum Gasteiger partial charge on any atom is 0.325 e. The number of nitrogens with zero attached hydrogens (tertiary/aromatic N) is 3. The third-order valence-corrected chi connectivity index (χ3v) is 5.67. The van der Waals surface area contributed by atoms with Gasteiger partial charge in [-0.2, -0.15) is 4.98 Å². The van der Waals surface area contributed by atoms with Crippen molar-refractivity contribution < 1.29 is 14.1 Å². The first kappa shape index (κ1) is 19.0. The zero-order chi connectivity index (χ0) is 21.6. The molecule has 1 N–H and O–H groups in total. The summed E-state index contributed by atoms with van der Waals surface area (Å²) in [6, 6.07) is 20.7. The first-order valence-corrected chi connectivity index (χ1v) is 9.98. The number of aryl methyl sites for hydroxylation is 1. The molecule has 0 aliphatic carbocycles. The van der Waals surface area contributed by atoms with Crippen LogP contribution in [0.2, 0.25) is 0 Å². The number of hydrogen-bond donors (Lipinski definition) is 1. The van der Waals surface area contributed by atoms with Crippen molar-refractivity contribution in [2.24, 2.45) is 0 Å². The molecule has 0 bridgehead atoms. The minimum atomic E-state index is -1.18. The summed E-state index contributed by atoms with van der Waals surface area (Å²) in [4.78, 5) is 31.6. The molecule has 1 aliphatic rings. The molecule has 1 aromatic heterocycles. The molecule has 0 spiro atoms. The van der Waals surface area contributed by atoms with Crippen molar-refractivity contribution in [2.75, 3.05) is 0 Å². The number of fused-ring (bicyclic) bond motifs is 1. The van der Waals surface area contributed by atoms with Gasteiger partial charge in [0.05, 0.1) is 0 Å². The zero-order valence-electron chi connectivity index (χ0n) is 17.1. The fraction of sp³-hybridized carbons (Fsp3) is 0.167. The summed E-state index contributed by atoms with van der Waals surface area (Å²) in [6.07, 6.45) is 0. The predicted molar refractivity (Wildman–Crippen MR) is 115 cm³/mol. The van der Waals surface area contributed by atoms with E-state index in [4.69, 9.17) is 4.52 Å². The average molecular weight is 412 g/mol. The molecule has 7 heteroatoms. The number of carbonyl (C=O) groups excluding carboxylic acids is 2. The van der Waals surface area contributed by atoms with Gasteiger partial charge >= 0.3 is 6.03 Å². The molecule has 1 fully saturated rings. The minimum absolute atomic E-state index is 0.0934. The number of urea groups is 1. The average Bonchev–Trinajstić information content (AvgIpc) is 3.33. The van der Waals surface area contributed by atoms with Crippen LogP contribution in [0.4, 0.5) is 4.79 Å². The highest BCUT2D eigenvalue weighted by atomic mass is 16.5. The highest BCUT2D eigenvalue weighted by Gasteiger charge is 2.50. The van der Waals surface area contributed by atoms with E-state index in [-0.39, 0.29) is 18.3 Å². The Labute approximate surface area is 178 Å². The van der Waals surface area contributed by atoms with Gasteiger partial charge < -0.3 is 9.84 Å². The maximum absolute atomic E-state index is 13.4. The van der Waals surface area contributed by atoms with Gasteiger partial charge in [0.15, 0.2) is 0 Å². The lowest BCUT2D eigenvalue weighted by atomic mass is 9.88. The van der Waals surface area contributed by atoms with Crippen molar-refractivity contribution in [3.8, 4) is 11.4 Å². The van der Waals surface area contributed by atoms with Crippen molar-refractivity contribution in [3.05, 3.63) is 83.7 Å². The molecule has 3 aromatic carbocycles. The van der Waals surface area contributed by atoms with Crippen LogP contribution in [-0.4, -0.2) is 27.0 Å². The van der Waals surface area contributed by atoms with Crippen LogP contribution >= 0.6 is 0 Å². The van der Waals surface area contributed by atoms with E-state index in [2.05, 4.69) is 15.5 Å². The van der Waals surface area contributed by atoms with Crippen molar-refractivity contribution >= 4 is 22.7 Å². The molecule has 1 aliphatic heterocycles. The SMILES string of the molecule is Cc1ccc(-c2noc(CN3C(=O)N[C@](C)(c4cccc5ccccc45)C3=O)n2)cc1. The van der Waals surface area contributed by atoms with E-state index in [0.717, 1.165) is 32.4 Å². The molecule has 5 rings (SSSR count). The van der Waals surface area contributed by atoms with E-state index in [0.29, 0.717) is 5.82 Å². The fourth-order valence-electron chi connectivity index (χ4n) is 3.96. The Balaban J connectivity index is 1.44. The van der Waals surface area contributed by atoms with Gasteiger partial charge in [-0.1, -0.05) is 77.5 Å². The number of rotatable bonds is 4. The molecule has 3 amide bonds. The number of benzene rings is 3. The largest absolute Gasteiger partial charge is 0.337 e. The molecular formula is C24H20N4O3. The normalized spacial score (nSPS) is 18.6. The number of imide groups is 1. The summed E-state index contributed by atoms with van der Waals surface area (Å²) < 4.78 is 5.32. The van der Waals surface area contributed by atoms with Crippen LogP contribution in [0.25, 0.3) is 22.2 Å². The second-order valence-corrected chi connectivity index (χ2v) is 7.85. The third-order valence-electron chi connectivity index (χ3n) is 5.67. The fourth-order valence-corrected chi connectivity index (χ4v) is 3.96. The summed E-state index contributed by atoms with van der Waals surface area (Å²) >= 11 is 0. The maximum atomic E-state index is 13.4. The standard InChI is InChI=1S/C24H20N4O3/c1-15-10-12-17(13-11-15)21-25-20(31-27-21)14-28-22(29)24(2,26-23(28)30)19-9-5-7-16-6-3-4-8-18(16)19/h3-13H,14H2,1-2H3,(H,26,30)/t24-/m1/s1. The Bertz CT molecular complexity index is 1310. The number of carbonyl (C=O) groups is 2. The van der Waals surface area contributed by atoms with Gasteiger partial charge in [-0.3, -0.25) is 9.69 Å². The first-order valence-electron chi connectivity index (χ1n) is 9.98. The van der Waals surface area contributed by atoms with Crippen molar-refractivity contribution in [2.45, 2.75) is 25.9 Å². The van der Waals surface area contributed by atoms with Gasteiger partial charge in [0, 0.05) is 5.56 Å². The Morgan fingerprint density at radius 1 is 1.00 bits per heavy atom. The van der Waals surface area contributed by atoms with Crippen molar-refractivity contribution in [1.82, 2.24) is 20.4 Å². The molecule has 0 unspecified atom stereocenters. The van der Waals surface area contributed by atoms with Gasteiger partial charge in [-0.05, 0) is 30.2 Å². The van der Waals surface area contributed by atoms with Crippen LogP contribution in [0.15, 0.2) is 71.3 Å². The Morgan fingerprint density at radius 3 is 2.55 bits per heavy atom. The summed E-state index contributed by atoms with van der Waals surface area (Å²) in [5.41, 5.74) is 1.49. The van der Waals surface area contributed by atoms with Crippen LogP contribution in [0, 0.1) is 6.92 Å². The van der Waals surface area contributed by atoms with Gasteiger partial charge in [-0.25, -0.2) is 4.79 Å². The Kier molecular flexibility index (Phi) is 4.32. The number of aromatic nitrogens is 2. The number of nitrogens with one attached hydrogen (secondary N) is 1. The second kappa shape index (κ2) is 7.05. The van der Waals surface area contributed by atoms with E-state index in [1.807, 2.05) is 73.7 Å². The van der Waals surface area contributed by atoms with Gasteiger partial charge in [0.1, 0.15) is 12.1 Å². The smallest absolute Gasteiger partial charge is 0.325 e. The molecule has 0 saturated carbocycles. The second-order valence-electron chi connectivity index (χ2n) is 7.85. The minimum Gasteiger partial charge on any atom is -0.337 e. The highest BCUT2D eigenvalue weighted by molar-refractivity contribution is 6.09. The van der Waals surface area contributed by atoms with Crippen LogP contribution in [0.3, 0.4) is 0 Å². The lowest BCUT2D eigenvalue weighted by molar-refractivity contribution is -0.131. The van der Waals surface area contributed by atoms with Gasteiger partial charge in [-0.15, -0.1) is 0 Å². The van der Waals surface area contributed by atoms with Gasteiger partial charge in [0.25, 0.3) is 5.91 Å². The molecule has 31 heavy (non-hydrogen) atoms. The molecule has 154 valence electrons. The number of hydrogen-bond acceptors (Lipinski definition) is 5. The van der Waals surface area contributed by atoms with Crippen molar-refractivity contribution in [1.29, 1.82) is 0 Å². The summed E-state index contributed by atoms with van der Waals surface area (Å²) in [5, 5.41) is 8.76. The summed E-state index contributed by atoms with van der Waals surface area (Å²) in [7, 11) is 0. The van der Waals surface area contributed by atoms with Crippen molar-refractivity contribution in [3.63, 3.8) is 0 Å². The lowest BCUT2D eigenvalue weighted by Gasteiger charge is -2.23. The lowest BCUT2D eigenvalue weighted by Crippen LogP contribution is -2.41. The molecule has 0 radical (unpaired) electrons. The summed E-state index contributed by atoms with van der Waals surface area (Å²) in [5.74, 6) is 0.254. The number of amides is 3. The van der Waals surface area contributed by atoms with Crippen LogP contribution in [0.5, 0.6) is 0 Å². The van der Waals surface area contributed by atoms with Crippen LogP contribution < -0.4 is 5.32 Å². The predicted octanol–water partition coefficient (Wildman–Crippen LogP) is 4.17. The summed E-state index contributed by atoms with van der Waals surface area (Å²) in [6.45, 7) is 3.63.